The Hall–Kier alpha value is -3.07. The number of allylic oxidation sites excluding steroid dienone is 2. The summed E-state index contributed by atoms with van der Waals surface area (Å²) < 4.78 is 0. The zero-order valence-corrected chi connectivity index (χ0v) is 9.66. The Morgan fingerprint density at radius 3 is 2.68 bits per heavy atom. The Labute approximate surface area is 107 Å². The molecule has 1 aromatic heterocycles. The number of rotatable bonds is 3. The number of carbonyl (C=O) groups is 1. The number of aromatic amines is 1. The molecule has 0 saturated heterocycles. The van der Waals surface area contributed by atoms with E-state index in [1.165, 1.54) is 0 Å². The van der Waals surface area contributed by atoms with Crippen molar-refractivity contribution in [2.45, 2.75) is 0 Å². The van der Waals surface area contributed by atoms with Crippen molar-refractivity contribution in [3.63, 3.8) is 0 Å². The highest BCUT2D eigenvalue weighted by Crippen LogP contribution is 2.18. The molecule has 0 aliphatic rings. The predicted octanol–water partition coefficient (Wildman–Crippen LogP) is 2.00. The van der Waals surface area contributed by atoms with Crippen LogP contribution in [0.25, 0.3) is 16.6 Å². The smallest absolute Gasteiger partial charge is 0.328 e. The monoisotopic (exact) mass is 255 g/mol. The van der Waals surface area contributed by atoms with Crippen LogP contribution < -0.4 is 0 Å². The third-order valence-corrected chi connectivity index (χ3v) is 2.38. The van der Waals surface area contributed by atoms with Crippen molar-refractivity contribution in [2.24, 2.45) is 0 Å². The van der Waals surface area contributed by atoms with Crippen molar-refractivity contribution in [2.75, 3.05) is 0 Å². The third-order valence-electron chi connectivity index (χ3n) is 2.38. The van der Waals surface area contributed by atoms with Crippen LogP contribution in [-0.2, 0) is 4.79 Å². The molecule has 94 valence electrons. The maximum atomic E-state index is 10.4. The quantitative estimate of drug-likeness (QED) is 0.336. The van der Waals surface area contributed by atoms with Gasteiger partial charge >= 0.3 is 5.97 Å². The fourth-order valence-corrected chi connectivity index (χ4v) is 1.54. The molecule has 0 bridgehead atoms. The standard InChI is InChI=1S/C13H9N3O3/c14-7-8(11(17)5-6-12(18)19)13-15-9-3-1-2-4-10(9)16-13/h1-6,17H,(H,15,16)(H,18,19)/b6-5?,11-8-. The summed E-state index contributed by atoms with van der Waals surface area (Å²) in [4.78, 5) is 17.4. The molecule has 6 heteroatoms. The number of aliphatic hydroxyl groups excluding tert-OH is 1. The number of aliphatic hydroxyl groups is 1. The molecule has 0 atom stereocenters. The largest absolute Gasteiger partial charge is 0.506 e. The van der Waals surface area contributed by atoms with E-state index in [9.17, 15) is 9.90 Å². The molecule has 0 unspecified atom stereocenters. The molecule has 0 aliphatic carbocycles. The Morgan fingerprint density at radius 1 is 1.32 bits per heavy atom. The molecule has 0 fully saturated rings. The molecule has 3 N–H and O–H groups in total. The van der Waals surface area contributed by atoms with E-state index in [4.69, 9.17) is 10.4 Å². The van der Waals surface area contributed by atoms with Gasteiger partial charge < -0.3 is 15.2 Å². The average Bonchev–Trinajstić information content (AvgIpc) is 2.80. The summed E-state index contributed by atoms with van der Waals surface area (Å²) in [7, 11) is 0. The second-order valence-electron chi connectivity index (χ2n) is 3.65. The van der Waals surface area contributed by atoms with Crippen LogP contribution in [0.1, 0.15) is 5.82 Å². The van der Waals surface area contributed by atoms with Crippen molar-refractivity contribution < 1.29 is 15.0 Å². The Bertz CT molecular complexity index is 702. The molecular formula is C13H9N3O3. The lowest BCUT2D eigenvalue weighted by Gasteiger charge is -1.95. The summed E-state index contributed by atoms with van der Waals surface area (Å²) >= 11 is 0. The van der Waals surface area contributed by atoms with Crippen LogP contribution in [0.4, 0.5) is 0 Å². The highest BCUT2D eigenvalue weighted by atomic mass is 16.4. The fraction of sp³-hybridized carbons (Fsp3) is 0. The van der Waals surface area contributed by atoms with Crippen LogP contribution in [0.15, 0.2) is 42.2 Å². The van der Waals surface area contributed by atoms with Gasteiger partial charge in [-0.25, -0.2) is 9.78 Å². The van der Waals surface area contributed by atoms with Gasteiger partial charge in [0.05, 0.1) is 11.0 Å². The molecule has 0 radical (unpaired) electrons. The Kier molecular flexibility index (Phi) is 3.30. The molecule has 2 aromatic rings. The normalized spacial score (nSPS) is 12.4. The lowest BCUT2D eigenvalue weighted by Crippen LogP contribution is -1.92. The number of nitrogens with zero attached hydrogens (tertiary/aromatic N) is 2. The van der Waals surface area contributed by atoms with Crippen molar-refractivity contribution >= 4 is 22.6 Å². The predicted molar refractivity (Wildman–Crippen MR) is 68.0 cm³/mol. The second kappa shape index (κ2) is 5.06. The molecule has 0 saturated carbocycles. The van der Waals surface area contributed by atoms with Crippen LogP contribution >= 0.6 is 0 Å². The van der Waals surface area contributed by atoms with E-state index >= 15 is 0 Å². The summed E-state index contributed by atoms with van der Waals surface area (Å²) in [5.41, 5.74) is 1.26. The van der Waals surface area contributed by atoms with Crippen LogP contribution in [0, 0.1) is 11.3 Å². The van der Waals surface area contributed by atoms with Gasteiger partial charge in [0.25, 0.3) is 0 Å². The van der Waals surface area contributed by atoms with Crippen LogP contribution in [0.2, 0.25) is 0 Å². The number of fused-ring (bicyclic) bond motifs is 1. The maximum Gasteiger partial charge on any atom is 0.328 e. The van der Waals surface area contributed by atoms with Gasteiger partial charge in [-0.1, -0.05) is 12.1 Å². The van der Waals surface area contributed by atoms with Gasteiger partial charge in [0, 0.05) is 6.08 Å². The summed E-state index contributed by atoms with van der Waals surface area (Å²) in [5, 5.41) is 27.2. The number of carboxylic acids is 1. The second-order valence-corrected chi connectivity index (χ2v) is 3.65. The van der Waals surface area contributed by atoms with Crippen molar-refractivity contribution in [1.82, 2.24) is 9.97 Å². The van der Waals surface area contributed by atoms with E-state index in [1.807, 2.05) is 6.07 Å². The number of H-pyrrole nitrogens is 1. The minimum atomic E-state index is -1.21. The minimum absolute atomic E-state index is 0.117. The first-order valence-corrected chi connectivity index (χ1v) is 5.31. The van der Waals surface area contributed by atoms with E-state index in [2.05, 4.69) is 9.97 Å². The molecule has 19 heavy (non-hydrogen) atoms. The zero-order chi connectivity index (χ0) is 13.8. The number of hydrogen-bond donors (Lipinski definition) is 3. The summed E-state index contributed by atoms with van der Waals surface area (Å²) in [6.45, 7) is 0. The molecule has 2 rings (SSSR count). The number of nitriles is 1. The Morgan fingerprint density at radius 2 is 2.05 bits per heavy atom. The van der Waals surface area contributed by atoms with Gasteiger partial charge in [-0.3, -0.25) is 0 Å². The number of hydrogen-bond acceptors (Lipinski definition) is 4. The average molecular weight is 255 g/mol. The first-order valence-electron chi connectivity index (χ1n) is 5.31. The lowest BCUT2D eigenvalue weighted by molar-refractivity contribution is -0.131. The van der Waals surface area contributed by atoms with Gasteiger partial charge in [0.2, 0.25) is 0 Å². The third kappa shape index (κ3) is 2.61. The van der Waals surface area contributed by atoms with Gasteiger partial charge in [-0.2, -0.15) is 5.26 Å². The van der Waals surface area contributed by atoms with Crippen LogP contribution in [-0.4, -0.2) is 26.2 Å². The maximum absolute atomic E-state index is 10.4. The molecule has 0 aliphatic heterocycles. The van der Waals surface area contributed by atoms with Crippen LogP contribution in [0.3, 0.4) is 0 Å². The van der Waals surface area contributed by atoms with E-state index in [0.29, 0.717) is 5.52 Å². The fourth-order valence-electron chi connectivity index (χ4n) is 1.54. The highest BCUT2D eigenvalue weighted by molar-refractivity contribution is 5.85. The van der Waals surface area contributed by atoms with Gasteiger partial charge in [-0.05, 0) is 18.2 Å². The number of para-hydroxylation sites is 2. The molecule has 6 nitrogen and oxygen atoms in total. The minimum Gasteiger partial charge on any atom is -0.506 e. The lowest BCUT2D eigenvalue weighted by atomic mass is 10.2. The van der Waals surface area contributed by atoms with Crippen LogP contribution in [0.5, 0.6) is 0 Å². The van der Waals surface area contributed by atoms with E-state index in [1.54, 1.807) is 24.3 Å². The van der Waals surface area contributed by atoms with Crippen molar-refractivity contribution in [1.29, 1.82) is 5.26 Å². The number of aromatic nitrogens is 2. The number of carboxylic acid groups (broad SMARTS) is 1. The first-order chi connectivity index (χ1) is 9.11. The number of nitrogens with one attached hydrogen (secondary N) is 1. The number of benzene rings is 1. The SMILES string of the molecule is N#C/C(=C(/O)C=CC(=O)O)c1nc2ccccc2[nH]1. The van der Waals surface area contributed by atoms with E-state index in [-0.39, 0.29) is 11.4 Å². The highest BCUT2D eigenvalue weighted by Gasteiger charge is 2.11. The summed E-state index contributed by atoms with van der Waals surface area (Å²) in [6.07, 6.45) is 1.68. The molecule has 1 aromatic carbocycles. The summed E-state index contributed by atoms with van der Waals surface area (Å²) in [6, 6.07) is 8.94. The van der Waals surface area contributed by atoms with Crippen molar-refractivity contribution in [3.8, 4) is 6.07 Å². The van der Waals surface area contributed by atoms with Gasteiger partial charge in [-0.15, -0.1) is 0 Å². The van der Waals surface area contributed by atoms with Gasteiger partial charge in [0.15, 0.2) is 5.82 Å². The number of aliphatic carboxylic acids is 1. The molecule has 0 amide bonds. The van der Waals surface area contributed by atoms with Gasteiger partial charge in [0.1, 0.15) is 17.4 Å². The molecule has 0 spiro atoms. The molecule has 1 heterocycles. The summed E-state index contributed by atoms with van der Waals surface area (Å²) in [5.74, 6) is -1.48. The molecular weight excluding hydrogens is 246 g/mol. The van der Waals surface area contributed by atoms with Crippen molar-refractivity contribution in [3.05, 3.63) is 48.0 Å². The topological polar surface area (TPSA) is 110 Å². The first kappa shape index (κ1) is 12.4. The Balaban J connectivity index is 2.50. The number of imidazole rings is 1. The zero-order valence-electron chi connectivity index (χ0n) is 9.66. The van der Waals surface area contributed by atoms with E-state index < -0.39 is 11.7 Å². The van der Waals surface area contributed by atoms with E-state index in [0.717, 1.165) is 17.7 Å².